The second kappa shape index (κ2) is 8.89. The number of nitrogens with one attached hydrogen (secondary N) is 1. The Bertz CT molecular complexity index is 1200. The molecule has 2 aromatic carbocycles. The lowest BCUT2D eigenvalue weighted by Gasteiger charge is -2.29. The van der Waals surface area contributed by atoms with Gasteiger partial charge in [-0.25, -0.2) is 4.79 Å². The fourth-order valence-electron chi connectivity index (χ4n) is 4.40. The van der Waals surface area contributed by atoms with Crippen LogP contribution in [0.3, 0.4) is 0 Å². The maximum atomic E-state index is 13.2. The van der Waals surface area contributed by atoms with Gasteiger partial charge in [-0.2, -0.15) is 5.10 Å². The van der Waals surface area contributed by atoms with Gasteiger partial charge in [-0.05, 0) is 60.9 Å². The van der Waals surface area contributed by atoms with E-state index < -0.39 is 5.97 Å². The minimum atomic E-state index is -0.470. The van der Waals surface area contributed by atoms with Gasteiger partial charge in [-0.1, -0.05) is 58.0 Å². The van der Waals surface area contributed by atoms with Crippen LogP contribution >= 0.6 is 0 Å². The molecule has 0 saturated heterocycles. The summed E-state index contributed by atoms with van der Waals surface area (Å²) in [4.78, 5) is 13.2. The standard InChI is InChI=1S/C28H32N2O3/c1-17(2)21-13-12-18(3)14-23(21)33-27(31)26-19(4)25-22(15-28(5,6)16-24(25)32-26)30-29-20-10-8-7-9-11-20/h7-14,17,29H,15-16H2,1-6H3/b30-22-. The number of ether oxygens (including phenoxy) is 1. The molecule has 0 bridgehead atoms. The first kappa shape index (κ1) is 22.8. The van der Waals surface area contributed by atoms with E-state index in [9.17, 15) is 4.79 Å². The van der Waals surface area contributed by atoms with Crippen LogP contribution in [0.25, 0.3) is 0 Å². The number of furan rings is 1. The Labute approximate surface area is 195 Å². The summed E-state index contributed by atoms with van der Waals surface area (Å²) < 4.78 is 12.0. The second-order valence-corrected chi connectivity index (χ2v) is 9.99. The molecule has 0 spiro atoms. The van der Waals surface area contributed by atoms with E-state index in [-0.39, 0.29) is 17.1 Å². The Balaban J connectivity index is 1.68. The van der Waals surface area contributed by atoms with Crippen LogP contribution in [-0.4, -0.2) is 11.7 Å². The number of para-hydroxylation sites is 1. The predicted molar refractivity (Wildman–Crippen MR) is 132 cm³/mol. The molecule has 1 N–H and O–H groups in total. The van der Waals surface area contributed by atoms with E-state index in [1.165, 1.54) is 0 Å². The van der Waals surface area contributed by atoms with Crippen molar-refractivity contribution in [3.05, 3.63) is 82.3 Å². The number of hydrazone groups is 1. The van der Waals surface area contributed by atoms with Crippen LogP contribution in [0.4, 0.5) is 5.69 Å². The van der Waals surface area contributed by atoms with Crippen LogP contribution in [0.5, 0.6) is 5.75 Å². The Morgan fingerprint density at radius 1 is 1.09 bits per heavy atom. The van der Waals surface area contributed by atoms with Crippen LogP contribution in [-0.2, 0) is 6.42 Å². The zero-order valence-corrected chi connectivity index (χ0v) is 20.3. The van der Waals surface area contributed by atoms with Gasteiger partial charge in [0.15, 0.2) is 0 Å². The summed E-state index contributed by atoms with van der Waals surface area (Å²) in [6.45, 7) is 12.4. The van der Waals surface area contributed by atoms with Crippen LogP contribution in [0.1, 0.15) is 78.6 Å². The number of benzene rings is 2. The number of hydrogen-bond acceptors (Lipinski definition) is 5. The third kappa shape index (κ3) is 4.87. The van der Waals surface area contributed by atoms with Gasteiger partial charge in [0.2, 0.25) is 5.76 Å². The fourth-order valence-corrected chi connectivity index (χ4v) is 4.40. The highest BCUT2D eigenvalue weighted by molar-refractivity contribution is 6.06. The van der Waals surface area contributed by atoms with Crippen molar-refractivity contribution in [2.75, 3.05) is 5.43 Å². The summed E-state index contributed by atoms with van der Waals surface area (Å²) >= 11 is 0. The molecule has 5 nitrogen and oxygen atoms in total. The number of carbonyl (C=O) groups excluding carboxylic acids is 1. The van der Waals surface area contributed by atoms with Crippen LogP contribution in [0, 0.1) is 19.3 Å². The topological polar surface area (TPSA) is 63.8 Å². The molecule has 5 heteroatoms. The number of hydrogen-bond donors (Lipinski definition) is 1. The lowest BCUT2D eigenvalue weighted by atomic mass is 9.75. The Kier molecular flexibility index (Phi) is 6.15. The number of esters is 1. The van der Waals surface area contributed by atoms with Crippen LogP contribution < -0.4 is 10.2 Å². The second-order valence-electron chi connectivity index (χ2n) is 9.99. The van der Waals surface area contributed by atoms with Crippen molar-refractivity contribution < 1.29 is 13.9 Å². The summed E-state index contributed by atoms with van der Waals surface area (Å²) in [7, 11) is 0. The molecule has 33 heavy (non-hydrogen) atoms. The highest BCUT2D eigenvalue weighted by Crippen LogP contribution is 2.39. The van der Waals surface area contributed by atoms with Crippen molar-refractivity contribution in [2.24, 2.45) is 10.5 Å². The normalized spacial score (nSPS) is 16.0. The van der Waals surface area contributed by atoms with E-state index in [2.05, 4.69) is 33.1 Å². The molecule has 4 rings (SSSR count). The summed E-state index contributed by atoms with van der Waals surface area (Å²) in [5.41, 5.74) is 8.66. The Morgan fingerprint density at radius 3 is 2.52 bits per heavy atom. The summed E-state index contributed by atoms with van der Waals surface area (Å²) in [5, 5.41) is 4.71. The Hall–Kier alpha value is -3.34. The number of fused-ring (bicyclic) bond motifs is 1. The average Bonchev–Trinajstić information content (AvgIpc) is 3.07. The molecule has 0 amide bonds. The van der Waals surface area contributed by atoms with Gasteiger partial charge in [-0.3, -0.25) is 5.43 Å². The minimum absolute atomic E-state index is 0.0307. The van der Waals surface area contributed by atoms with E-state index in [0.717, 1.165) is 52.3 Å². The summed E-state index contributed by atoms with van der Waals surface area (Å²) in [6.07, 6.45) is 1.52. The lowest BCUT2D eigenvalue weighted by molar-refractivity contribution is 0.0695. The van der Waals surface area contributed by atoms with Gasteiger partial charge in [0.05, 0.1) is 11.4 Å². The molecular weight excluding hydrogens is 412 g/mol. The largest absolute Gasteiger partial charge is 0.453 e. The third-order valence-corrected chi connectivity index (χ3v) is 6.07. The van der Waals surface area contributed by atoms with Crippen molar-refractivity contribution in [1.29, 1.82) is 0 Å². The molecule has 1 aliphatic rings. The number of carbonyl (C=O) groups is 1. The highest BCUT2D eigenvalue weighted by atomic mass is 16.5. The maximum absolute atomic E-state index is 13.2. The fraction of sp³-hybridized carbons (Fsp3) is 0.357. The summed E-state index contributed by atoms with van der Waals surface area (Å²) in [5.74, 6) is 1.40. The van der Waals surface area contributed by atoms with Gasteiger partial charge in [-0.15, -0.1) is 0 Å². The first-order valence-electron chi connectivity index (χ1n) is 11.5. The SMILES string of the molecule is Cc1ccc(C(C)C)c(OC(=O)c2oc3c(c2C)/C(=N\Nc2ccccc2)CC(C)(C)C3)c1. The monoisotopic (exact) mass is 444 g/mol. The zero-order valence-electron chi connectivity index (χ0n) is 20.3. The molecule has 1 heterocycles. The van der Waals surface area contributed by atoms with E-state index in [1.807, 2.05) is 62.4 Å². The summed E-state index contributed by atoms with van der Waals surface area (Å²) in [6, 6.07) is 15.8. The number of anilines is 1. The smallest absolute Gasteiger partial charge is 0.379 e. The van der Waals surface area contributed by atoms with Gasteiger partial charge >= 0.3 is 5.97 Å². The molecule has 0 radical (unpaired) electrons. The van der Waals surface area contributed by atoms with E-state index in [1.54, 1.807) is 0 Å². The molecule has 3 aromatic rings. The van der Waals surface area contributed by atoms with Crippen LogP contribution in [0.2, 0.25) is 0 Å². The van der Waals surface area contributed by atoms with E-state index >= 15 is 0 Å². The van der Waals surface area contributed by atoms with E-state index in [0.29, 0.717) is 5.75 Å². The molecule has 0 aliphatic heterocycles. The molecule has 1 aliphatic carbocycles. The highest BCUT2D eigenvalue weighted by Gasteiger charge is 2.36. The molecule has 0 atom stereocenters. The van der Waals surface area contributed by atoms with Crippen LogP contribution in [0.15, 0.2) is 58.0 Å². The van der Waals surface area contributed by atoms with Gasteiger partial charge in [0.1, 0.15) is 11.5 Å². The molecular formula is C28H32N2O3. The first-order valence-corrected chi connectivity index (χ1v) is 11.5. The van der Waals surface area contributed by atoms with Crippen molar-refractivity contribution in [1.82, 2.24) is 0 Å². The average molecular weight is 445 g/mol. The number of nitrogens with zero attached hydrogens (tertiary/aromatic N) is 1. The molecule has 0 unspecified atom stereocenters. The maximum Gasteiger partial charge on any atom is 0.379 e. The zero-order chi connectivity index (χ0) is 23.8. The molecule has 172 valence electrons. The number of rotatable bonds is 5. The predicted octanol–water partition coefficient (Wildman–Crippen LogP) is 7.03. The van der Waals surface area contributed by atoms with E-state index in [4.69, 9.17) is 14.3 Å². The van der Waals surface area contributed by atoms with Crippen molar-refractivity contribution in [3.8, 4) is 5.75 Å². The van der Waals surface area contributed by atoms with Gasteiger partial charge < -0.3 is 9.15 Å². The van der Waals surface area contributed by atoms with Crippen molar-refractivity contribution in [2.45, 2.75) is 60.3 Å². The minimum Gasteiger partial charge on any atom is -0.453 e. The Morgan fingerprint density at radius 2 is 1.82 bits per heavy atom. The number of aryl methyl sites for hydroxylation is 1. The molecule has 1 aromatic heterocycles. The molecule has 0 saturated carbocycles. The van der Waals surface area contributed by atoms with Crippen molar-refractivity contribution in [3.63, 3.8) is 0 Å². The first-order chi connectivity index (χ1) is 15.6. The van der Waals surface area contributed by atoms with Gasteiger partial charge in [0, 0.05) is 17.5 Å². The van der Waals surface area contributed by atoms with Crippen molar-refractivity contribution >= 4 is 17.4 Å². The van der Waals surface area contributed by atoms with Gasteiger partial charge in [0.25, 0.3) is 0 Å². The lowest BCUT2D eigenvalue weighted by Crippen LogP contribution is -2.27. The molecule has 0 fully saturated rings. The third-order valence-electron chi connectivity index (χ3n) is 6.07. The quantitative estimate of drug-likeness (QED) is 0.261.